The van der Waals surface area contributed by atoms with Crippen LogP contribution >= 0.6 is 15.9 Å². The number of benzene rings is 1. The number of hydrogen-bond donors (Lipinski definition) is 2. The number of nitrogens with one attached hydrogen (secondary N) is 2. The van der Waals surface area contributed by atoms with Gasteiger partial charge in [0.25, 0.3) is 0 Å². The molecule has 7 heteroatoms. The molecule has 0 saturated heterocycles. The van der Waals surface area contributed by atoms with Crippen molar-refractivity contribution < 1.29 is 14.0 Å². The van der Waals surface area contributed by atoms with E-state index in [2.05, 4.69) is 31.8 Å². The molecule has 2 aromatic rings. The van der Waals surface area contributed by atoms with E-state index in [1.54, 1.807) is 18.4 Å². The molecule has 0 atom stereocenters. The van der Waals surface area contributed by atoms with Crippen LogP contribution in [0.3, 0.4) is 0 Å². The predicted octanol–water partition coefficient (Wildman–Crippen LogP) is 3.89. The van der Waals surface area contributed by atoms with Gasteiger partial charge in [0, 0.05) is 35.1 Å². The van der Waals surface area contributed by atoms with Gasteiger partial charge in [-0.25, -0.2) is 5.43 Å². The zero-order valence-corrected chi connectivity index (χ0v) is 15.5. The van der Waals surface area contributed by atoms with Gasteiger partial charge >= 0.3 is 0 Å². The number of anilines is 1. The van der Waals surface area contributed by atoms with Crippen LogP contribution in [-0.2, 0) is 16.0 Å². The Balaban J connectivity index is 1.66. The van der Waals surface area contributed by atoms with Crippen molar-refractivity contribution in [1.29, 1.82) is 0 Å². The first kappa shape index (κ1) is 18.9. The van der Waals surface area contributed by atoms with Gasteiger partial charge in [-0.05, 0) is 49.7 Å². The first-order valence-corrected chi connectivity index (χ1v) is 8.72. The van der Waals surface area contributed by atoms with Gasteiger partial charge < -0.3 is 9.73 Å². The lowest BCUT2D eigenvalue weighted by molar-refractivity contribution is -0.124. The fraction of sp³-hybridized carbons (Fsp3) is 0.278. The second kappa shape index (κ2) is 9.78. The van der Waals surface area contributed by atoms with Crippen LogP contribution in [0.15, 0.2) is 56.7 Å². The van der Waals surface area contributed by atoms with Crippen LogP contribution in [0.4, 0.5) is 5.69 Å². The maximum absolute atomic E-state index is 11.8. The van der Waals surface area contributed by atoms with Gasteiger partial charge in [-0.3, -0.25) is 9.59 Å². The molecule has 0 aliphatic carbocycles. The molecule has 1 heterocycles. The molecule has 132 valence electrons. The Morgan fingerprint density at radius 2 is 1.80 bits per heavy atom. The molecule has 0 saturated carbocycles. The number of nitrogens with zero attached hydrogens (tertiary/aromatic N) is 1. The monoisotopic (exact) mass is 405 g/mol. The van der Waals surface area contributed by atoms with Crippen molar-refractivity contribution in [2.75, 3.05) is 5.32 Å². The minimum Gasteiger partial charge on any atom is -0.469 e. The minimum atomic E-state index is -0.289. The fourth-order valence-corrected chi connectivity index (χ4v) is 2.28. The smallest absolute Gasteiger partial charge is 0.240 e. The van der Waals surface area contributed by atoms with Crippen LogP contribution in [-0.4, -0.2) is 17.5 Å². The molecule has 0 fully saturated rings. The Bertz CT molecular complexity index is 725. The Kier molecular flexibility index (Phi) is 7.40. The van der Waals surface area contributed by atoms with Crippen LogP contribution in [0, 0.1) is 0 Å². The summed E-state index contributed by atoms with van der Waals surface area (Å²) in [6, 6.07) is 11.0. The van der Waals surface area contributed by atoms with Crippen molar-refractivity contribution >= 4 is 39.1 Å². The third-order valence-corrected chi connectivity index (χ3v) is 3.92. The largest absolute Gasteiger partial charge is 0.469 e. The Morgan fingerprint density at radius 3 is 2.48 bits per heavy atom. The van der Waals surface area contributed by atoms with Gasteiger partial charge in [-0.15, -0.1) is 0 Å². The second-order valence-corrected chi connectivity index (χ2v) is 6.43. The second-order valence-electron chi connectivity index (χ2n) is 5.52. The minimum absolute atomic E-state index is 0.0807. The molecule has 0 bridgehead atoms. The standard InChI is InChI=1S/C18H20BrN3O3/c1-13(4-9-16-3-2-12-25-16)21-22-18(24)11-10-17(23)20-15-7-5-14(19)6-8-15/h2-3,5-8,12H,4,9-11H2,1H3,(H,20,23)(H,22,24)/b21-13+. The highest BCUT2D eigenvalue weighted by atomic mass is 79.9. The average molecular weight is 406 g/mol. The summed E-state index contributed by atoms with van der Waals surface area (Å²) >= 11 is 3.33. The maximum Gasteiger partial charge on any atom is 0.240 e. The number of halogens is 1. The summed E-state index contributed by atoms with van der Waals surface area (Å²) in [5.41, 5.74) is 3.96. The molecular weight excluding hydrogens is 386 g/mol. The lowest BCUT2D eigenvalue weighted by atomic mass is 10.2. The zero-order valence-electron chi connectivity index (χ0n) is 13.9. The van der Waals surface area contributed by atoms with Crippen LogP contribution in [0.25, 0.3) is 0 Å². The summed E-state index contributed by atoms with van der Waals surface area (Å²) in [6.07, 6.45) is 3.23. The van der Waals surface area contributed by atoms with Crippen molar-refractivity contribution in [1.82, 2.24) is 5.43 Å². The molecule has 25 heavy (non-hydrogen) atoms. The summed E-state index contributed by atoms with van der Waals surface area (Å²) in [7, 11) is 0. The zero-order chi connectivity index (χ0) is 18.1. The van der Waals surface area contributed by atoms with Crippen molar-refractivity contribution in [2.24, 2.45) is 5.10 Å². The number of carbonyl (C=O) groups is 2. The van der Waals surface area contributed by atoms with E-state index in [1.165, 1.54) is 0 Å². The van der Waals surface area contributed by atoms with Crippen LogP contribution in [0.5, 0.6) is 0 Å². The Morgan fingerprint density at radius 1 is 1.08 bits per heavy atom. The highest BCUT2D eigenvalue weighted by Gasteiger charge is 2.07. The SMILES string of the molecule is C/C(CCc1ccco1)=N\NC(=O)CCC(=O)Nc1ccc(Br)cc1. The summed E-state index contributed by atoms with van der Waals surface area (Å²) in [5, 5.41) is 6.77. The van der Waals surface area contributed by atoms with E-state index in [0.29, 0.717) is 12.1 Å². The molecule has 2 rings (SSSR count). The Hall–Kier alpha value is -2.41. The number of amides is 2. The molecule has 2 amide bonds. The average Bonchev–Trinajstić information content (AvgIpc) is 3.12. The molecule has 0 spiro atoms. The van der Waals surface area contributed by atoms with Crippen molar-refractivity contribution in [3.05, 3.63) is 52.9 Å². The number of aryl methyl sites for hydroxylation is 1. The van der Waals surface area contributed by atoms with Crippen LogP contribution in [0.2, 0.25) is 0 Å². The van der Waals surface area contributed by atoms with Gasteiger partial charge in [-0.2, -0.15) is 5.10 Å². The third kappa shape index (κ3) is 7.34. The van der Waals surface area contributed by atoms with Crippen LogP contribution < -0.4 is 10.7 Å². The summed E-state index contributed by atoms with van der Waals surface area (Å²) in [6.45, 7) is 1.84. The highest BCUT2D eigenvalue weighted by molar-refractivity contribution is 9.10. The number of carbonyl (C=O) groups excluding carboxylic acids is 2. The third-order valence-electron chi connectivity index (χ3n) is 3.39. The molecule has 6 nitrogen and oxygen atoms in total. The lowest BCUT2D eigenvalue weighted by Gasteiger charge is -2.05. The number of furan rings is 1. The van der Waals surface area contributed by atoms with Gasteiger partial charge in [-0.1, -0.05) is 15.9 Å². The van der Waals surface area contributed by atoms with Crippen molar-refractivity contribution in [3.8, 4) is 0 Å². The van der Waals surface area contributed by atoms with E-state index in [1.807, 2.05) is 31.2 Å². The van der Waals surface area contributed by atoms with E-state index in [9.17, 15) is 9.59 Å². The van der Waals surface area contributed by atoms with Crippen molar-refractivity contribution in [2.45, 2.75) is 32.6 Å². The molecular formula is C18H20BrN3O3. The lowest BCUT2D eigenvalue weighted by Crippen LogP contribution is -2.21. The molecule has 0 aliphatic heterocycles. The van der Waals surface area contributed by atoms with E-state index in [-0.39, 0.29) is 24.7 Å². The first-order valence-electron chi connectivity index (χ1n) is 7.93. The van der Waals surface area contributed by atoms with Crippen LogP contribution in [0.1, 0.15) is 31.9 Å². The van der Waals surface area contributed by atoms with Crippen molar-refractivity contribution in [3.63, 3.8) is 0 Å². The molecule has 1 aromatic heterocycles. The van der Waals surface area contributed by atoms with E-state index in [0.717, 1.165) is 22.4 Å². The molecule has 0 unspecified atom stereocenters. The quantitative estimate of drug-likeness (QED) is 0.516. The topological polar surface area (TPSA) is 83.7 Å². The summed E-state index contributed by atoms with van der Waals surface area (Å²) in [5.74, 6) is 0.379. The molecule has 0 aliphatic rings. The van der Waals surface area contributed by atoms with Gasteiger partial charge in [0.2, 0.25) is 11.8 Å². The molecule has 0 radical (unpaired) electrons. The number of hydrogen-bond acceptors (Lipinski definition) is 4. The summed E-state index contributed by atoms with van der Waals surface area (Å²) in [4.78, 5) is 23.6. The fourth-order valence-electron chi connectivity index (χ4n) is 2.01. The number of rotatable bonds is 8. The molecule has 2 N–H and O–H groups in total. The number of hydrazone groups is 1. The van der Waals surface area contributed by atoms with E-state index < -0.39 is 0 Å². The van der Waals surface area contributed by atoms with E-state index >= 15 is 0 Å². The van der Waals surface area contributed by atoms with E-state index in [4.69, 9.17) is 4.42 Å². The van der Waals surface area contributed by atoms with Gasteiger partial charge in [0.05, 0.1) is 6.26 Å². The van der Waals surface area contributed by atoms with Gasteiger partial charge in [0.15, 0.2) is 0 Å². The maximum atomic E-state index is 11.8. The Labute approximate surface area is 154 Å². The first-order chi connectivity index (χ1) is 12.0. The molecule has 1 aromatic carbocycles. The van der Waals surface area contributed by atoms with Gasteiger partial charge in [0.1, 0.15) is 5.76 Å². The summed E-state index contributed by atoms with van der Waals surface area (Å²) < 4.78 is 6.18. The normalized spacial score (nSPS) is 11.2. The predicted molar refractivity (Wildman–Crippen MR) is 100 cm³/mol. The highest BCUT2D eigenvalue weighted by Crippen LogP contribution is 2.14.